The molecule has 0 bridgehead atoms. The van der Waals surface area contributed by atoms with Crippen LogP contribution in [0.1, 0.15) is 18.5 Å². The second-order valence-electron chi connectivity index (χ2n) is 5.77. The second-order valence-corrected chi connectivity index (χ2v) is 5.77. The van der Waals surface area contributed by atoms with E-state index in [0.29, 0.717) is 24.7 Å². The van der Waals surface area contributed by atoms with E-state index in [1.165, 1.54) is 6.26 Å². The van der Waals surface area contributed by atoms with Gasteiger partial charge < -0.3 is 15.1 Å². The van der Waals surface area contributed by atoms with Crippen molar-refractivity contribution >= 4 is 11.8 Å². The normalized spacial score (nSPS) is 17.9. The van der Waals surface area contributed by atoms with Crippen LogP contribution in [0, 0.1) is 5.92 Å². The number of nitrogens with two attached hydrogens (primary N) is 1. The lowest BCUT2D eigenvalue weighted by Gasteiger charge is -2.31. The Morgan fingerprint density at radius 3 is 2.83 bits per heavy atom. The van der Waals surface area contributed by atoms with Crippen LogP contribution < -0.4 is 5.73 Å². The molecule has 6 heteroatoms. The van der Waals surface area contributed by atoms with E-state index < -0.39 is 0 Å². The Balaban J connectivity index is 1.64. The van der Waals surface area contributed by atoms with Crippen molar-refractivity contribution in [3.05, 3.63) is 42.3 Å². The Labute approximate surface area is 134 Å². The summed E-state index contributed by atoms with van der Waals surface area (Å²) >= 11 is 0. The summed E-state index contributed by atoms with van der Waals surface area (Å²) in [5, 5.41) is 0. The summed E-state index contributed by atoms with van der Waals surface area (Å²) in [6.07, 6.45) is 3.23. The molecule has 2 N–H and O–H groups in total. The number of aromatic nitrogens is 1. The summed E-state index contributed by atoms with van der Waals surface area (Å²) in [6.45, 7) is 1.06. The Morgan fingerprint density at radius 1 is 1.30 bits per heavy atom. The first-order chi connectivity index (χ1) is 11.1. The lowest BCUT2D eigenvalue weighted by Crippen LogP contribution is -2.44. The van der Waals surface area contributed by atoms with Crippen LogP contribution in [0.2, 0.25) is 0 Å². The van der Waals surface area contributed by atoms with Crippen LogP contribution >= 0.6 is 0 Å². The number of likely N-dealkylation sites (tertiary alicyclic amines) is 1. The molecular weight excluding hydrogens is 294 g/mol. The highest BCUT2D eigenvalue weighted by Crippen LogP contribution is 2.20. The highest BCUT2D eigenvalue weighted by atomic mass is 16.3. The van der Waals surface area contributed by atoms with Crippen molar-refractivity contribution in [2.45, 2.75) is 19.3 Å². The standard InChI is InChI=1S/C17H19N3O3/c18-16(22)13-7-4-8-20(10-13)15(21)9-14-11-23-17(19-14)12-5-2-1-3-6-12/h1-3,5-6,11,13H,4,7-10H2,(H2,18,22). The SMILES string of the molecule is NC(=O)C1CCCN(C(=O)Cc2coc(-c3ccccc3)n2)C1. The maximum atomic E-state index is 12.4. The topological polar surface area (TPSA) is 89.4 Å². The zero-order valence-corrected chi connectivity index (χ0v) is 12.8. The van der Waals surface area contributed by atoms with Gasteiger partial charge in [0.25, 0.3) is 0 Å². The van der Waals surface area contributed by atoms with Crippen LogP contribution in [0.3, 0.4) is 0 Å². The van der Waals surface area contributed by atoms with Crippen molar-refractivity contribution in [2.24, 2.45) is 11.7 Å². The van der Waals surface area contributed by atoms with Crippen molar-refractivity contribution in [3.8, 4) is 11.5 Å². The number of carbonyl (C=O) groups excluding carboxylic acids is 2. The molecule has 2 amide bonds. The number of hydrogen-bond donors (Lipinski definition) is 1. The van der Waals surface area contributed by atoms with Crippen LogP contribution in [-0.2, 0) is 16.0 Å². The maximum absolute atomic E-state index is 12.4. The van der Waals surface area contributed by atoms with Gasteiger partial charge in [0.1, 0.15) is 6.26 Å². The molecule has 1 fully saturated rings. The van der Waals surface area contributed by atoms with Crippen LogP contribution in [0.4, 0.5) is 0 Å². The summed E-state index contributed by atoms with van der Waals surface area (Å²) in [4.78, 5) is 29.7. The Hall–Kier alpha value is -2.63. The first-order valence-electron chi connectivity index (χ1n) is 7.70. The van der Waals surface area contributed by atoms with Crippen LogP contribution in [0.5, 0.6) is 0 Å². The molecule has 1 saturated heterocycles. The van der Waals surface area contributed by atoms with Crippen molar-refractivity contribution < 1.29 is 14.0 Å². The number of primary amides is 1. The first kappa shape index (κ1) is 15.3. The number of nitrogens with zero attached hydrogens (tertiary/aromatic N) is 2. The zero-order chi connectivity index (χ0) is 16.2. The molecule has 1 unspecified atom stereocenters. The molecule has 3 rings (SSSR count). The van der Waals surface area contributed by atoms with E-state index in [2.05, 4.69) is 4.98 Å². The zero-order valence-electron chi connectivity index (χ0n) is 12.8. The second kappa shape index (κ2) is 6.64. The van der Waals surface area contributed by atoms with E-state index in [1.54, 1.807) is 4.90 Å². The molecule has 0 radical (unpaired) electrons. The molecule has 0 spiro atoms. The minimum atomic E-state index is -0.338. The Kier molecular flexibility index (Phi) is 4.41. The van der Waals surface area contributed by atoms with E-state index >= 15 is 0 Å². The van der Waals surface area contributed by atoms with Gasteiger partial charge in [-0.3, -0.25) is 9.59 Å². The maximum Gasteiger partial charge on any atom is 0.228 e. The number of benzene rings is 1. The van der Waals surface area contributed by atoms with Gasteiger partial charge in [0.15, 0.2) is 0 Å². The quantitative estimate of drug-likeness (QED) is 0.928. The minimum Gasteiger partial charge on any atom is -0.444 e. The molecule has 1 atom stereocenters. The summed E-state index contributed by atoms with van der Waals surface area (Å²) < 4.78 is 5.44. The largest absolute Gasteiger partial charge is 0.444 e. The molecule has 0 saturated carbocycles. The molecule has 2 aromatic rings. The predicted octanol–water partition coefficient (Wildman–Crippen LogP) is 1.61. The summed E-state index contributed by atoms with van der Waals surface area (Å²) in [7, 11) is 0. The molecule has 6 nitrogen and oxygen atoms in total. The van der Waals surface area contributed by atoms with Crippen LogP contribution in [0.15, 0.2) is 41.0 Å². The molecule has 1 aromatic heterocycles. The fourth-order valence-corrected chi connectivity index (χ4v) is 2.80. The van der Waals surface area contributed by atoms with E-state index in [4.69, 9.17) is 10.2 Å². The van der Waals surface area contributed by atoms with Gasteiger partial charge in [0.05, 0.1) is 18.0 Å². The smallest absolute Gasteiger partial charge is 0.228 e. The molecule has 23 heavy (non-hydrogen) atoms. The monoisotopic (exact) mass is 313 g/mol. The number of amides is 2. The van der Waals surface area contributed by atoms with Gasteiger partial charge in [0.2, 0.25) is 17.7 Å². The molecule has 0 aliphatic carbocycles. The highest BCUT2D eigenvalue weighted by Gasteiger charge is 2.27. The third-order valence-corrected chi connectivity index (χ3v) is 4.08. The number of hydrogen-bond acceptors (Lipinski definition) is 4. The van der Waals surface area contributed by atoms with E-state index in [0.717, 1.165) is 18.4 Å². The van der Waals surface area contributed by atoms with Gasteiger partial charge in [0, 0.05) is 18.7 Å². The number of piperidine rings is 1. The average Bonchev–Trinajstić information content (AvgIpc) is 3.04. The molecule has 2 heterocycles. The van der Waals surface area contributed by atoms with Gasteiger partial charge in [-0.05, 0) is 25.0 Å². The number of carbonyl (C=O) groups is 2. The van der Waals surface area contributed by atoms with Crippen molar-refractivity contribution in [1.29, 1.82) is 0 Å². The van der Waals surface area contributed by atoms with Gasteiger partial charge >= 0.3 is 0 Å². The predicted molar refractivity (Wildman–Crippen MR) is 84.1 cm³/mol. The third kappa shape index (κ3) is 3.59. The lowest BCUT2D eigenvalue weighted by molar-refractivity contribution is -0.134. The number of rotatable bonds is 4. The van der Waals surface area contributed by atoms with Gasteiger partial charge in [-0.2, -0.15) is 0 Å². The Morgan fingerprint density at radius 2 is 2.09 bits per heavy atom. The molecular formula is C17H19N3O3. The Bertz CT molecular complexity index is 696. The van der Waals surface area contributed by atoms with Gasteiger partial charge in [-0.25, -0.2) is 4.98 Å². The fraction of sp³-hybridized carbons (Fsp3) is 0.353. The van der Waals surface area contributed by atoms with Crippen molar-refractivity contribution in [3.63, 3.8) is 0 Å². The molecule has 1 aromatic carbocycles. The summed E-state index contributed by atoms with van der Waals surface area (Å²) in [5.41, 5.74) is 6.81. The van der Waals surface area contributed by atoms with Crippen molar-refractivity contribution in [1.82, 2.24) is 9.88 Å². The summed E-state index contributed by atoms with van der Waals surface area (Å²) in [6, 6.07) is 9.53. The first-order valence-corrected chi connectivity index (χ1v) is 7.70. The van der Waals surface area contributed by atoms with E-state index in [9.17, 15) is 9.59 Å². The van der Waals surface area contributed by atoms with Gasteiger partial charge in [-0.15, -0.1) is 0 Å². The third-order valence-electron chi connectivity index (χ3n) is 4.08. The van der Waals surface area contributed by atoms with E-state index in [-0.39, 0.29) is 24.2 Å². The van der Waals surface area contributed by atoms with Crippen LogP contribution in [-0.4, -0.2) is 34.8 Å². The molecule has 1 aliphatic rings. The highest BCUT2D eigenvalue weighted by molar-refractivity contribution is 5.81. The van der Waals surface area contributed by atoms with Crippen molar-refractivity contribution in [2.75, 3.05) is 13.1 Å². The molecule has 1 aliphatic heterocycles. The van der Waals surface area contributed by atoms with E-state index in [1.807, 2.05) is 30.3 Å². The average molecular weight is 313 g/mol. The minimum absolute atomic E-state index is 0.0520. The summed E-state index contributed by atoms with van der Waals surface area (Å²) in [5.74, 6) is -0.133. The number of oxazole rings is 1. The van der Waals surface area contributed by atoms with Gasteiger partial charge in [-0.1, -0.05) is 18.2 Å². The molecule has 120 valence electrons. The fourth-order valence-electron chi connectivity index (χ4n) is 2.80. The van der Waals surface area contributed by atoms with Crippen LogP contribution in [0.25, 0.3) is 11.5 Å². The lowest BCUT2D eigenvalue weighted by atomic mass is 9.97.